The number of aryl methyl sites for hydroxylation is 2. The molecule has 0 saturated carbocycles. The fourth-order valence-corrected chi connectivity index (χ4v) is 4.19. The molecule has 2 aromatic carbocycles. The maximum absolute atomic E-state index is 12.4. The number of aromatic nitrogens is 3. The van der Waals surface area contributed by atoms with Crippen LogP contribution in [0.15, 0.2) is 46.0 Å². The van der Waals surface area contributed by atoms with Gasteiger partial charge in [0.25, 0.3) is 0 Å². The van der Waals surface area contributed by atoms with Crippen molar-refractivity contribution in [1.29, 1.82) is 0 Å². The second-order valence-electron chi connectivity index (χ2n) is 7.09. The minimum absolute atomic E-state index is 0.110. The van der Waals surface area contributed by atoms with Crippen molar-refractivity contribution in [3.63, 3.8) is 0 Å². The molecule has 1 amide bonds. The number of carbonyl (C=O) groups excluding carboxylic acids is 1. The van der Waals surface area contributed by atoms with E-state index in [4.69, 9.17) is 9.47 Å². The summed E-state index contributed by atoms with van der Waals surface area (Å²) in [6.45, 7) is 5.96. The van der Waals surface area contributed by atoms with Crippen LogP contribution in [-0.2, 0) is 11.8 Å². The molecule has 9 heteroatoms. The molecule has 0 saturated heterocycles. The number of rotatable bonds is 8. The molecule has 1 heterocycles. The minimum atomic E-state index is -0.305. The van der Waals surface area contributed by atoms with Gasteiger partial charge >= 0.3 is 0 Å². The number of amides is 1. The average Bonchev–Trinajstić information content (AvgIpc) is 3.11. The van der Waals surface area contributed by atoms with Crippen molar-refractivity contribution in [2.45, 2.75) is 32.0 Å². The lowest BCUT2D eigenvalue weighted by Gasteiger charge is -2.14. The van der Waals surface area contributed by atoms with E-state index in [0.717, 1.165) is 27.0 Å². The first-order valence-corrected chi connectivity index (χ1v) is 11.5. The number of methoxy groups -OCH3 is 1. The van der Waals surface area contributed by atoms with Gasteiger partial charge in [0.1, 0.15) is 11.5 Å². The van der Waals surface area contributed by atoms with E-state index in [9.17, 15) is 4.79 Å². The molecule has 7 nitrogen and oxygen atoms in total. The van der Waals surface area contributed by atoms with Crippen LogP contribution < -0.4 is 14.8 Å². The monoisotopic (exact) mass is 504 g/mol. The summed E-state index contributed by atoms with van der Waals surface area (Å²) in [6, 6.07) is 11.3. The Morgan fingerprint density at radius 2 is 1.81 bits per heavy atom. The van der Waals surface area contributed by atoms with E-state index < -0.39 is 0 Å². The largest absolute Gasteiger partial charge is 0.497 e. The number of benzene rings is 2. The highest BCUT2D eigenvalue weighted by Gasteiger charge is 2.18. The first-order chi connectivity index (χ1) is 14.8. The number of nitrogens with one attached hydrogen (secondary N) is 1. The highest BCUT2D eigenvalue weighted by atomic mass is 79.9. The third-order valence-corrected chi connectivity index (χ3v) is 6.47. The molecule has 1 aromatic heterocycles. The molecule has 164 valence electrons. The SMILES string of the molecule is COc1ccc(OC(C)c2nnc(SCC(=O)Nc3cc(C)c(C)cc3Br)n2C)cc1. The van der Waals surface area contributed by atoms with E-state index in [1.54, 1.807) is 7.11 Å². The molecule has 3 rings (SSSR count). The Labute approximate surface area is 194 Å². The summed E-state index contributed by atoms with van der Waals surface area (Å²) in [5.41, 5.74) is 3.04. The number of hydrogen-bond donors (Lipinski definition) is 1. The Morgan fingerprint density at radius 3 is 2.48 bits per heavy atom. The number of anilines is 1. The topological polar surface area (TPSA) is 78.3 Å². The summed E-state index contributed by atoms with van der Waals surface area (Å²) < 4.78 is 13.8. The third-order valence-electron chi connectivity index (χ3n) is 4.79. The van der Waals surface area contributed by atoms with Gasteiger partial charge in [0.15, 0.2) is 17.1 Å². The van der Waals surface area contributed by atoms with Crippen LogP contribution in [0.3, 0.4) is 0 Å². The Bertz CT molecular complexity index is 1070. The fraction of sp³-hybridized carbons (Fsp3) is 0.318. The zero-order valence-corrected chi connectivity index (χ0v) is 20.5. The van der Waals surface area contributed by atoms with E-state index in [0.29, 0.717) is 16.7 Å². The van der Waals surface area contributed by atoms with E-state index in [1.165, 1.54) is 11.8 Å². The second kappa shape index (κ2) is 10.2. The minimum Gasteiger partial charge on any atom is -0.497 e. The number of ether oxygens (including phenoxy) is 2. The fourth-order valence-electron chi connectivity index (χ4n) is 2.91. The lowest BCUT2D eigenvalue weighted by atomic mass is 10.1. The molecule has 1 unspecified atom stereocenters. The van der Waals surface area contributed by atoms with Gasteiger partial charge in [-0.15, -0.1) is 10.2 Å². The van der Waals surface area contributed by atoms with Crippen LogP contribution >= 0.6 is 27.7 Å². The van der Waals surface area contributed by atoms with Crippen LogP contribution in [0.5, 0.6) is 11.5 Å². The summed E-state index contributed by atoms with van der Waals surface area (Å²) in [5, 5.41) is 12.0. The lowest BCUT2D eigenvalue weighted by Crippen LogP contribution is -2.15. The molecule has 0 radical (unpaired) electrons. The van der Waals surface area contributed by atoms with Gasteiger partial charge in [-0.05, 0) is 84.2 Å². The van der Waals surface area contributed by atoms with Gasteiger partial charge < -0.3 is 19.4 Å². The van der Waals surface area contributed by atoms with Gasteiger partial charge in [-0.1, -0.05) is 11.8 Å². The molecule has 0 aliphatic heterocycles. The maximum Gasteiger partial charge on any atom is 0.234 e. The van der Waals surface area contributed by atoms with Crippen molar-refractivity contribution in [2.75, 3.05) is 18.2 Å². The second-order valence-corrected chi connectivity index (χ2v) is 8.89. The van der Waals surface area contributed by atoms with Gasteiger partial charge in [-0.2, -0.15) is 0 Å². The summed E-state index contributed by atoms with van der Waals surface area (Å²) in [5.74, 6) is 2.27. The Balaban J connectivity index is 1.59. The van der Waals surface area contributed by atoms with Gasteiger partial charge in [0.05, 0.1) is 18.6 Å². The molecule has 0 aliphatic carbocycles. The maximum atomic E-state index is 12.4. The van der Waals surface area contributed by atoms with E-state index in [-0.39, 0.29) is 17.8 Å². The summed E-state index contributed by atoms with van der Waals surface area (Å²) in [4.78, 5) is 12.4. The molecule has 0 fully saturated rings. The smallest absolute Gasteiger partial charge is 0.234 e. The number of carbonyl (C=O) groups is 1. The standard InChI is InChI=1S/C22H25BrN4O3S/c1-13-10-18(23)19(11-14(13)2)24-20(28)12-31-22-26-25-21(27(22)4)15(3)30-17-8-6-16(29-5)7-9-17/h6-11,15H,12H2,1-5H3,(H,24,28). The van der Waals surface area contributed by atoms with Crippen LogP contribution in [0.4, 0.5) is 5.69 Å². The van der Waals surface area contributed by atoms with E-state index in [1.807, 2.05) is 68.8 Å². The Morgan fingerprint density at radius 1 is 1.16 bits per heavy atom. The van der Waals surface area contributed by atoms with Crippen molar-refractivity contribution < 1.29 is 14.3 Å². The van der Waals surface area contributed by atoms with Gasteiger partial charge in [0.2, 0.25) is 5.91 Å². The highest BCUT2D eigenvalue weighted by molar-refractivity contribution is 9.10. The van der Waals surface area contributed by atoms with Gasteiger partial charge in [-0.3, -0.25) is 4.79 Å². The summed E-state index contributed by atoms with van der Waals surface area (Å²) >= 11 is 4.83. The van der Waals surface area contributed by atoms with Gasteiger partial charge in [-0.25, -0.2) is 0 Å². The molecule has 3 aromatic rings. The van der Waals surface area contributed by atoms with Crippen molar-refractivity contribution in [1.82, 2.24) is 14.8 Å². The lowest BCUT2D eigenvalue weighted by molar-refractivity contribution is -0.113. The highest BCUT2D eigenvalue weighted by Crippen LogP contribution is 2.27. The molecule has 1 atom stereocenters. The quantitative estimate of drug-likeness (QED) is 0.431. The summed E-state index contributed by atoms with van der Waals surface area (Å²) in [7, 11) is 3.49. The van der Waals surface area contributed by atoms with Crippen LogP contribution in [0.25, 0.3) is 0 Å². The van der Waals surface area contributed by atoms with Crippen LogP contribution in [0.2, 0.25) is 0 Å². The van der Waals surface area contributed by atoms with Crippen molar-refractivity contribution in [3.05, 3.63) is 57.8 Å². The zero-order chi connectivity index (χ0) is 22.5. The molecule has 31 heavy (non-hydrogen) atoms. The van der Waals surface area contributed by atoms with Crippen molar-refractivity contribution in [2.24, 2.45) is 7.05 Å². The Kier molecular flexibility index (Phi) is 7.61. The number of hydrogen-bond acceptors (Lipinski definition) is 6. The number of nitrogens with zero attached hydrogens (tertiary/aromatic N) is 3. The molecule has 0 spiro atoms. The molecule has 0 bridgehead atoms. The average molecular weight is 505 g/mol. The predicted molar refractivity (Wildman–Crippen MR) is 126 cm³/mol. The number of thioether (sulfide) groups is 1. The van der Waals surface area contributed by atoms with E-state index in [2.05, 4.69) is 31.4 Å². The molecule has 0 aliphatic rings. The van der Waals surface area contributed by atoms with E-state index >= 15 is 0 Å². The predicted octanol–water partition coefficient (Wildman–Crippen LogP) is 5.07. The molecule has 1 N–H and O–H groups in total. The number of halogens is 1. The Hall–Kier alpha value is -2.52. The zero-order valence-electron chi connectivity index (χ0n) is 18.1. The third kappa shape index (κ3) is 5.80. The first kappa shape index (κ1) is 23.1. The van der Waals surface area contributed by atoms with Crippen molar-refractivity contribution in [3.8, 4) is 11.5 Å². The van der Waals surface area contributed by atoms with Crippen molar-refractivity contribution >= 4 is 39.3 Å². The van der Waals surface area contributed by atoms with Crippen LogP contribution in [0, 0.1) is 13.8 Å². The molecular formula is C22H25BrN4O3S. The normalized spacial score (nSPS) is 11.8. The summed E-state index contributed by atoms with van der Waals surface area (Å²) in [6.07, 6.45) is -0.305. The van der Waals surface area contributed by atoms with Gasteiger partial charge in [0, 0.05) is 11.5 Å². The van der Waals surface area contributed by atoms with Crippen LogP contribution in [-0.4, -0.2) is 33.5 Å². The molecular weight excluding hydrogens is 480 g/mol. The van der Waals surface area contributed by atoms with Crippen LogP contribution in [0.1, 0.15) is 30.0 Å². The first-order valence-electron chi connectivity index (χ1n) is 9.68.